The quantitative estimate of drug-likeness (QED) is 0.578. The number of fused-ring (bicyclic) bond motifs is 4. The summed E-state index contributed by atoms with van der Waals surface area (Å²) in [7, 11) is 2.19. The van der Waals surface area contributed by atoms with Crippen LogP contribution in [-0.4, -0.2) is 10.7 Å². The molecule has 6 rings (SSSR count). The zero-order valence-corrected chi connectivity index (χ0v) is 13.7. The van der Waals surface area contributed by atoms with Crippen molar-refractivity contribution >= 4 is 33.1 Å². The zero-order chi connectivity index (χ0) is 16.0. The van der Waals surface area contributed by atoms with Crippen molar-refractivity contribution in [2.24, 2.45) is 13.0 Å². The summed E-state index contributed by atoms with van der Waals surface area (Å²) in [6.07, 6.45) is 8.68. The molecule has 0 radical (unpaired) electrons. The van der Waals surface area contributed by atoms with Gasteiger partial charge in [-0.3, -0.25) is 0 Å². The van der Waals surface area contributed by atoms with E-state index in [-0.39, 0.29) is 6.10 Å². The number of aryl methyl sites for hydroxylation is 1. The summed E-state index contributed by atoms with van der Waals surface area (Å²) in [5.41, 5.74) is 7.91. The average molecular weight is 313 g/mol. The molecule has 0 amide bonds. The summed E-state index contributed by atoms with van der Waals surface area (Å²) >= 11 is 0. The highest BCUT2D eigenvalue weighted by Gasteiger charge is 2.45. The van der Waals surface area contributed by atoms with E-state index in [9.17, 15) is 0 Å². The molecule has 0 N–H and O–H groups in total. The molecule has 0 fully saturated rings. The number of rotatable bonds is 0. The van der Waals surface area contributed by atoms with Gasteiger partial charge in [-0.15, -0.1) is 0 Å². The monoisotopic (exact) mass is 313 g/mol. The summed E-state index contributed by atoms with van der Waals surface area (Å²) in [5.74, 6) is 0.297. The topological polar surface area (TPSA) is 18.0 Å². The molecule has 24 heavy (non-hydrogen) atoms. The van der Waals surface area contributed by atoms with Gasteiger partial charge in [0.05, 0.1) is 17.0 Å². The Morgan fingerprint density at radius 1 is 1.12 bits per heavy atom. The van der Waals surface area contributed by atoms with Crippen molar-refractivity contribution in [3.63, 3.8) is 0 Å². The Labute approximate surface area is 139 Å². The van der Waals surface area contributed by atoms with Crippen LogP contribution in [0.25, 0.3) is 33.1 Å². The van der Waals surface area contributed by atoms with Crippen LogP contribution in [0.2, 0.25) is 0 Å². The predicted octanol–water partition coefficient (Wildman–Crippen LogP) is 3.79. The van der Waals surface area contributed by atoms with Crippen molar-refractivity contribution < 1.29 is 9.30 Å². The van der Waals surface area contributed by atoms with E-state index < -0.39 is 0 Å². The fourth-order valence-corrected chi connectivity index (χ4v) is 4.74. The third kappa shape index (κ3) is 1.25. The highest BCUT2D eigenvalue weighted by Crippen LogP contribution is 2.50. The molecule has 3 aliphatic rings. The molecule has 3 nitrogen and oxygen atoms in total. The van der Waals surface area contributed by atoms with Gasteiger partial charge in [-0.05, 0) is 30.7 Å². The van der Waals surface area contributed by atoms with Gasteiger partial charge in [0.1, 0.15) is 24.9 Å². The van der Waals surface area contributed by atoms with Crippen LogP contribution in [0.15, 0.2) is 60.5 Å². The Morgan fingerprint density at radius 3 is 2.92 bits per heavy atom. The predicted molar refractivity (Wildman–Crippen MR) is 95.0 cm³/mol. The fourth-order valence-electron chi connectivity index (χ4n) is 4.74. The Bertz CT molecular complexity index is 1160. The number of hydrogen-bond donors (Lipinski definition) is 0. The smallest absolute Gasteiger partial charge is 0.234 e. The van der Waals surface area contributed by atoms with Gasteiger partial charge in [-0.2, -0.15) is 4.57 Å². The lowest BCUT2D eigenvalue weighted by atomic mass is 9.79. The molecule has 0 saturated heterocycles. The molecule has 0 saturated carbocycles. The molecule has 1 aromatic carbocycles. The first-order valence-corrected chi connectivity index (χ1v) is 8.43. The zero-order valence-electron chi connectivity index (χ0n) is 13.7. The van der Waals surface area contributed by atoms with Gasteiger partial charge in [0, 0.05) is 23.2 Å². The van der Waals surface area contributed by atoms with Crippen molar-refractivity contribution in [1.29, 1.82) is 0 Å². The van der Waals surface area contributed by atoms with Gasteiger partial charge in [-0.25, -0.2) is 0 Å². The molecule has 2 atom stereocenters. The molecule has 0 spiro atoms. The number of nitrogens with zero attached hydrogens (tertiary/aromatic N) is 2. The minimum Gasteiger partial charge on any atom is -0.491 e. The number of hydrogen-bond acceptors (Lipinski definition) is 1. The lowest BCUT2D eigenvalue weighted by Gasteiger charge is -2.30. The van der Waals surface area contributed by atoms with E-state index in [2.05, 4.69) is 71.8 Å². The van der Waals surface area contributed by atoms with Crippen LogP contribution in [0.3, 0.4) is 0 Å². The second-order valence-corrected chi connectivity index (χ2v) is 6.95. The van der Waals surface area contributed by atoms with Crippen molar-refractivity contribution in [2.75, 3.05) is 0 Å². The van der Waals surface area contributed by atoms with Gasteiger partial charge in [-0.1, -0.05) is 18.2 Å². The average Bonchev–Trinajstić information content (AvgIpc) is 3.22. The minimum atomic E-state index is 0.121. The van der Waals surface area contributed by atoms with E-state index in [0.29, 0.717) is 5.92 Å². The molecule has 1 aliphatic carbocycles. The molecule has 3 aromatic rings. The highest BCUT2D eigenvalue weighted by molar-refractivity contribution is 6.10. The Balaban J connectivity index is 1.91. The van der Waals surface area contributed by atoms with E-state index in [4.69, 9.17) is 4.74 Å². The standard InChI is InChI=1S/C21H17N2O/c1-12-7-8-17-19-16(11-24-17)23-10-9-14-13-5-3-4-6-15(13)22(2)21(18(12)19)20(14)23/h3-11,17,19H,1-2H3/q+1. The fraction of sp³-hybridized carbons (Fsp3) is 0.190. The summed E-state index contributed by atoms with van der Waals surface area (Å²) in [6.45, 7) is 2.22. The maximum atomic E-state index is 5.98. The van der Waals surface area contributed by atoms with Gasteiger partial charge in [0.15, 0.2) is 0 Å². The third-order valence-corrected chi connectivity index (χ3v) is 5.80. The van der Waals surface area contributed by atoms with Crippen LogP contribution in [0.1, 0.15) is 12.6 Å². The van der Waals surface area contributed by atoms with Crippen molar-refractivity contribution in [2.45, 2.75) is 13.0 Å². The summed E-state index contributed by atoms with van der Waals surface area (Å²) in [4.78, 5) is 0. The van der Waals surface area contributed by atoms with Crippen LogP contribution in [-0.2, 0) is 11.8 Å². The molecule has 2 aliphatic heterocycles. The molecular weight excluding hydrogens is 296 g/mol. The lowest BCUT2D eigenvalue weighted by Crippen LogP contribution is -2.40. The van der Waals surface area contributed by atoms with Gasteiger partial charge >= 0.3 is 0 Å². The largest absolute Gasteiger partial charge is 0.491 e. The van der Waals surface area contributed by atoms with E-state index in [1.807, 2.05) is 6.26 Å². The molecule has 3 heteroatoms. The molecule has 2 aromatic heterocycles. The van der Waals surface area contributed by atoms with E-state index in [0.717, 1.165) is 0 Å². The lowest BCUT2D eigenvalue weighted by molar-refractivity contribution is -0.646. The third-order valence-electron chi connectivity index (χ3n) is 5.80. The van der Waals surface area contributed by atoms with Gasteiger partial charge < -0.3 is 9.30 Å². The summed E-state index contributed by atoms with van der Waals surface area (Å²) in [5, 5.41) is 2.62. The first-order valence-electron chi connectivity index (χ1n) is 8.43. The van der Waals surface area contributed by atoms with E-state index in [1.54, 1.807) is 0 Å². The maximum absolute atomic E-state index is 5.98. The van der Waals surface area contributed by atoms with Crippen LogP contribution < -0.4 is 4.57 Å². The Hall–Kier alpha value is -2.81. The molecular formula is C21H17N2O+. The molecule has 0 bridgehead atoms. The SMILES string of the molecule is CC1=C2c3c4c(ccn4C4=COC(C=C1)C42)c1ccccc1[n+]3C. The number of benzene rings is 1. The first-order chi connectivity index (χ1) is 11.8. The highest BCUT2D eigenvalue weighted by atomic mass is 16.5. The van der Waals surface area contributed by atoms with Crippen molar-refractivity contribution in [3.05, 3.63) is 66.2 Å². The normalized spacial score (nSPS) is 23.7. The van der Waals surface area contributed by atoms with Gasteiger partial charge in [0.2, 0.25) is 11.2 Å². The number of aromatic nitrogens is 2. The number of para-hydroxylation sites is 1. The molecule has 2 unspecified atom stereocenters. The number of pyridine rings is 1. The van der Waals surface area contributed by atoms with E-state index in [1.165, 1.54) is 44.3 Å². The summed E-state index contributed by atoms with van der Waals surface area (Å²) < 4.78 is 10.7. The Kier molecular flexibility index (Phi) is 2.09. The second kappa shape index (κ2) is 3.99. The summed E-state index contributed by atoms with van der Waals surface area (Å²) in [6, 6.07) is 10.9. The molecule has 4 heterocycles. The minimum absolute atomic E-state index is 0.121. The van der Waals surface area contributed by atoms with Crippen molar-refractivity contribution in [3.8, 4) is 0 Å². The van der Waals surface area contributed by atoms with Crippen LogP contribution in [0.4, 0.5) is 0 Å². The Morgan fingerprint density at radius 2 is 2.00 bits per heavy atom. The maximum Gasteiger partial charge on any atom is 0.234 e. The number of allylic oxidation sites excluding steroid dienone is 2. The first kappa shape index (κ1) is 12.6. The van der Waals surface area contributed by atoms with Crippen molar-refractivity contribution in [1.82, 2.24) is 4.57 Å². The van der Waals surface area contributed by atoms with E-state index >= 15 is 0 Å². The van der Waals surface area contributed by atoms with Gasteiger partial charge in [0.25, 0.3) is 0 Å². The van der Waals surface area contributed by atoms with Crippen LogP contribution in [0.5, 0.6) is 0 Å². The van der Waals surface area contributed by atoms with Crippen LogP contribution in [0, 0.1) is 5.92 Å². The molecule has 116 valence electrons. The second-order valence-electron chi connectivity index (χ2n) is 6.95. The van der Waals surface area contributed by atoms with Crippen LogP contribution >= 0.6 is 0 Å². The number of ether oxygens (including phenoxy) is 1.